The zero-order valence-corrected chi connectivity index (χ0v) is 18.5. The molecule has 7 heteroatoms. The van der Waals surface area contributed by atoms with Crippen molar-refractivity contribution in [1.29, 1.82) is 0 Å². The maximum atomic E-state index is 12.1. The zero-order chi connectivity index (χ0) is 18.4. The fourth-order valence-electron chi connectivity index (χ4n) is 3.21. The van der Waals surface area contributed by atoms with Crippen molar-refractivity contribution in [3.05, 3.63) is 29.8 Å². The largest absolute Gasteiger partial charge is 0.380 e. The number of hydrogen-bond acceptors (Lipinski definition) is 4. The molecule has 1 saturated heterocycles. The summed E-state index contributed by atoms with van der Waals surface area (Å²) in [5.74, 6) is 0.0327. The van der Waals surface area contributed by atoms with Crippen LogP contribution in [0.25, 0.3) is 0 Å². The molecule has 3 N–H and O–H groups in total. The molecule has 156 valence electrons. The molecule has 1 fully saturated rings. The average Bonchev–Trinajstić information content (AvgIpc) is 2.59. The standard InChI is InChI=1S/C20H33N3O2.2ClH/c1-20(2,3)15-5-7-17(8-6-15)23-11-9-16(10-12-23)22-19(24)13-18(14-21)25-4;;/h5-8,16,18H,9-14,21H2,1-4H3,(H,22,24);2*1H. The predicted molar refractivity (Wildman–Crippen MR) is 117 cm³/mol. The van der Waals surface area contributed by atoms with Crippen LogP contribution in [0.1, 0.15) is 45.6 Å². The molecule has 0 spiro atoms. The molecule has 0 saturated carbocycles. The molecular formula is C20H35Cl2N3O2. The first kappa shape index (κ1) is 26.0. The number of benzene rings is 1. The fraction of sp³-hybridized carbons (Fsp3) is 0.650. The van der Waals surface area contributed by atoms with Crippen LogP contribution >= 0.6 is 24.8 Å². The number of anilines is 1. The van der Waals surface area contributed by atoms with E-state index in [4.69, 9.17) is 10.5 Å². The van der Waals surface area contributed by atoms with Crippen molar-refractivity contribution in [3.8, 4) is 0 Å². The molecular weight excluding hydrogens is 385 g/mol. The van der Waals surface area contributed by atoms with E-state index in [9.17, 15) is 4.79 Å². The molecule has 1 aliphatic rings. The maximum absolute atomic E-state index is 12.1. The van der Waals surface area contributed by atoms with E-state index < -0.39 is 0 Å². The Labute approximate surface area is 176 Å². The van der Waals surface area contributed by atoms with Crippen LogP contribution in [0.5, 0.6) is 0 Å². The summed E-state index contributed by atoms with van der Waals surface area (Å²) < 4.78 is 5.17. The lowest BCUT2D eigenvalue weighted by Crippen LogP contribution is -2.45. The molecule has 27 heavy (non-hydrogen) atoms. The number of carbonyl (C=O) groups excluding carboxylic acids is 1. The molecule has 0 radical (unpaired) electrons. The van der Waals surface area contributed by atoms with Gasteiger partial charge in [-0.05, 0) is 36.0 Å². The van der Waals surface area contributed by atoms with Gasteiger partial charge in [-0.2, -0.15) is 0 Å². The lowest BCUT2D eigenvalue weighted by molar-refractivity contribution is -0.124. The second-order valence-electron chi connectivity index (χ2n) is 7.92. The summed E-state index contributed by atoms with van der Waals surface area (Å²) in [4.78, 5) is 14.5. The third-order valence-electron chi connectivity index (χ3n) is 4.97. The molecule has 1 unspecified atom stereocenters. The van der Waals surface area contributed by atoms with Crippen molar-refractivity contribution < 1.29 is 9.53 Å². The van der Waals surface area contributed by atoms with E-state index in [0.717, 1.165) is 25.9 Å². The van der Waals surface area contributed by atoms with Gasteiger partial charge < -0.3 is 20.7 Å². The minimum atomic E-state index is -0.193. The van der Waals surface area contributed by atoms with Crippen molar-refractivity contribution in [2.45, 2.75) is 57.6 Å². The summed E-state index contributed by atoms with van der Waals surface area (Å²) in [5, 5.41) is 3.12. The lowest BCUT2D eigenvalue weighted by Gasteiger charge is -2.34. The van der Waals surface area contributed by atoms with Gasteiger partial charge in [0, 0.05) is 38.5 Å². The molecule has 1 aromatic carbocycles. The van der Waals surface area contributed by atoms with E-state index >= 15 is 0 Å². The molecule has 1 aliphatic heterocycles. The summed E-state index contributed by atoms with van der Waals surface area (Å²) in [6.07, 6.45) is 2.07. The van der Waals surface area contributed by atoms with Crippen molar-refractivity contribution >= 4 is 36.4 Å². The van der Waals surface area contributed by atoms with Crippen LogP contribution in [0.15, 0.2) is 24.3 Å². The SMILES string of the molecule is COC(CN)CC(=O)NC1CCN(c2ccc(C(C)(C)C)cc2)CC1.Cl.Cl. The van der Waals surface area contributed by atoms with Crippen LogP contribution in [0.3, 0.4) is 0 Å². The van der Waals surface area contributed by atoms with Crippen LogP contribution in [0.4, 0.5) is 5.69 Å². The predicted octanol–water partition coefficient (Wildman–Crippen LogP) is 3.28. The Hall–Kier alpha value is -1.01. The van der Waals surface area contributed by atoms with Gasteiger partial charge >= 0.3 is 0 Å². The van der Waals surface area contributed by atoms with Crippen molar-refractivity contribution in [2.75, 3.05) is 31.6 Å². The number of nitrogens with zero attached hydrogens (tertiary/aromatic N) is 1. The first-order valence-electron chi connectivity index (χ1n) is 9.21. The highest BCUT2D eigenvalue weighted by Gasteiger charge is 2.22. The van der Waals surface area contributed by atoms with Gasteiger partial charge in [-0.1, -0.05) is 32.9 Å². The number of amides is 1. The average molecular weight is 420 g/mol. The first-order chi connectivity index (χ1) is 11.8. The summed E-state index contributed by atoms with van der Waals surface area (Å²) in [6.45, 7) is 8.99. The number of rotatable bonds is 6. The Balaban J connectivity index is 0.00000338. The monoisotopic (exact) mass is 419 g/mol. The third-order valence-corrected chi connectivity index (χ3v) is 4.97. The van der Waals surface area contributed by atoms with E-state index in [1.54, 1.807) is 7.11 Å². The third kappa shape index (κ3) is 7.86. The zero-order valence-electron chi connectivity index (χ0n) is 16.9. The Morgan fingerprint density at radius 1 is 1.22 bits per heavy atom. The van der Waals surface area contributed by atoms with Gasteiger partial charge in [-0.25, -0.2) is 0 Å². The van der Waals surface area contributed by atoms with E-state index in [0.29, 0.717) is 13.0 Å². The van der Waals surface area contributed by atoms with Gasteiger partial charge in [0.15, 0.2) is 0 Å². The number of ether oxygens (including phenoxy) is 1. The number of hydrogen-bond donors (Lipinski definition) is 2. The van der Waals surface area contributed by atoms with Crippen LogP contribution in [-0.2, 0) is 14.9 Å². The molecule has 1 atom stereocenters. The van der Waals surface area contributed by atoms with Crippen molar-refractivity contribution in [3.63, 3.8) is 0 Å². The highest BCUT2D eigenvalue weighted by Crippen LogP contribution is 2.26. The summed E-state index contributed by atoms with van der Waals surface area (Å²) >= 11 is 0. The minimum Gasteiger partial charge on any atom is -0.380 e. The number of halogens is 2. The molecule has 2 rings (SSSR count). The van der Waals surface area contributed by atoms with E-state index in [1.165, 1.54) is 11.3 Å². The van der Waals surface area contributed by atoms with E-state index in [-0.39, 0.29) is 48.3 Å². The minimum absolute atomic E-state index is 0. The Morgan fingerprint density at radius 3 is 2.22 bits per heavy atom. The van der Waals surface area contributed by atoms with Gasteiger partial charge in [0.05, 0.1) is 12.5 Å². The number of nitrogens with two attached hydrogens (primary N) is 1. The Morgan fingerprint density at radius 2 is 1.78 bits per heavy atom. The smallest absolute Gasteiger partial charge is 0.222 e. The summed E-state index contributed by atoms with van der Waals surface area (Å²) in [5.41, 5.74) is 8.37. The molecule has 1 aromatic rings. The normalized spacial score (nSPS) is 16.1. The molecule has 5 nitrogen and oxygen atoms in total. The molecule has 0 bridgehead atoms. The number of piperidine rings is 1. The lowest BCUT2D eigenvalue weighted by atomic mass is 9.87. The highest BCUT2D eigenvalue weighted by molar-refractivity contribution is 5.85. The molecule has 1 heterocycles. The first-order valence-corrected chi connectivity index (χ1v) is 9.21. The van der Waals surface area contributed by atoms with Crippen LogP contribution in [-0.4, -0.2) is 44.8 Å². The summed E-state index contributed by atoms with van der Waals surface area (Å²) in [7, 11) is 1.59. The van der Waals surface area contributed by atoms with Crippen molar-refractivity contribution in [1.82, 2.24) is 5.32 Å². The second kappa shape index (κ2) is 11.7. The van der Waals surface area contributed by atoms with E-state index in [2.05, 4.69) is 55.3 Å². The second-order valence-corrected chi connectivity index (χ2v) is 7.92. The Bertz CT molecular complexity index is 549. The van der Waals surface area contributed by atoms with Gasteiger partial charge in [-0.15, -0.1) is 24.8 Å². The van der Waals surface area contributed by atoms with Gasteiger partial charge in [0.2, 0.25) is 5.91 Å². The molecule has 0 aromatic heterocycles. The van der Waals surface area contributed by atoms with E-state index in [1.807, 2.05) is 0 Å². The van der Waals surface area contributed by atoms with Crippen LogP contribution in [0.2, 0.25) is 0 Å². The van der Waals surface area contributed by atoms with Gasteiger partial charge in [0.25, 0.3) is 0 Å². The Kier molecular flexibility index (Phi) is 11.3. The summed E-state index contributed by atoms with van der Waals surface area (Å²) in [6, 6.07) is 9.11. The fourth-order valence-corrected chi connectivity index (χ4v) is 3.21. The van der Waals surface area contributed by atoms with Crippen molar-refractivity contribution in [2.24, 2.45) is 5.73 Å². The molecule has 0 aliphatic carbocycles. The topological polar surface area (TPSA) is 67.6 Å². The number of methoxy groups -OCH3 is 1. The number of nitrogens with one attached hydrogen (secondary N) is 1. The number of carbonyl (C=O) groups is 1. The van der Waals surface area contributed by atoms with Gasteiger partial charge in [0.1, 0.15) is 0 Å². The van der Waals surface area contributed by atoms with Crippen LogP contribution in [0, 0.1) is 0 Å². The molecule has 1 amide bonds. The maximum Gasteiger partial charge on any atom is 0.222 e. The highest BCUT2D eigenvalue weighted by atomic mass is 35.5. The quantitative estimate of drug-likeness (QED) is 0.741. The van der Waals surface area contributed by atoms with Gasteiger partial charge in [-0.3, -0.25) is 4.79 Å². The van der Waals surface area contributed by atoms with Crippen LogP contribution < -0.4 is 16.0 Å².